The Kier molecular flexibility index (Phi) is 3.67. The van der Waals surface area contributed by atoms with Gasteiger partial charge in [0.15, 0.2) is 5.82 Å². The van der Waals surface area contributed by atoms with Crippen LogP contribution in [0.4, 0.5) is 10.1 Å². The SMILES string of the molecule is CC(C)N(Cc1cccc(N)c1F)CC1CC1. The molecule has 1 aromatic rings. The molecule has 2 nitrogen and oxygen atoms in total. The molecule has 0 saturated heterocycles. The maximum atomic E-state index is 13.8. The lowest BCUT2D eigenvalue weighted by atomic mass is 10.1. The number of hydrogen-bond donors (Lipinski definition) is 1. The van der Waals surface area contributed by atoms with E-state index >= 15 is 0 Å². The molecule has 3 heteroatoms. The molecule has 0 aliphatic heterocycles. The zero-order chi connectivity index (χ0) is 12.4. The lowest BCUT2D eigenvalue weighted by Crippen LogP contribution is -2.32. The zero-order valence-corrected chi connectivity index (χ0v) is 10.6. The number of nitrogen functional groups attached to an aromatic ring is 1. The molecule has 0 radical (unpaired) electrons. The standard InChI is InChI=1S/C14H21FN2/c1-10(2)17(8-11-6-7-11)9-12-4-3-5-13(16)14(12)15/h3-5,10-11H,6-9,16H2,1-2H3. The predicted octanol–water partition coefficient (Wildman–Crippen LogP) is 3.03. The minimum Gasteiger partial charge on any atom is -0.396 e. The summed E-state index contributed by atoms with van der Waals surface area (Å²) in [5.74, 6) is 0.565. The number of benzene rings is 1. The highest BCUT2D eigenvalue weighted by molar-refractivity contribution is 5.42. The van der Waals surface area contributed by atoms with Crippen LogP contribution in [-0.4, -0.2) is 17.5 Å². The maximum Gasteiger partial charge on any atom is 0.150 e. The number of halogens is 1. The van der Waals surface area contributed by atoms with E-state index in [0.717, 1.165) is 12.5 Å². The van der Waals surface area contributed by atoms with Gasteiger partial charge in [-0.2, -0.15) is 0 Å². The summed E-state index contributed by atoms with van der Waals surface area (Å²) in [4.78, 5) is 2.33. The lowest BCUT2D eigenvalue weighted by Gasteiger charge is -2.26. The predicted molar refractivity (Wildman–Crippen MR) is 69.1 cm³/mol. The first-order chi connectivity index (χ1) is 8.08. The van der Waals surface area contributed by atoms with Gasteiger partial charge >= 0.3 is 0 Å². The van der Waals surface area contributed by atoms with Crippen LogP contribution in [0.5, 0.6) is 0 Å². The topological polar surface area (TPSA) is 29.3 Å². The Hall–Kier alpha value is -1.09. The number of nitrogens with zero attached hydrogens (tertiary/aromatic N) is 1. The molecule has 0 unspecified atom stereocenters. The third-order valence-electron chi connectivity index (χ3n) is 3.40. The van der Waals surface area contributed by atoms with Crippen molar-refractivity contribution in [1.29, 1.82) is 0 Å². The molecule has 1 aromatic carbocycles. The highest BCUT2D eigenvalue weighted by Crippen LogP contribution is 2.31. The molecule has 2 rings (SSSR count). The zero-order valence-electron chi connectivity index (χ0n) is 10.6. The lowest BCUT2D eigenvalue weighted by molar-refractivity contribution is 0.201. The van der Waals surface area contributed by atoms with Crippen molar-refractivity contribution < 1.29 is 4.39 Å². The van der Waals surface area contributed by atoms with Gasteiger partial charge in [0.05, 0.1) is 5.69 Å². The average molecular weight is 236 g/mol. The Morgan fingerprint density at radius 3 is 2.71 bits per heavy atom. The van der Waals surface area contributed by atoms with E-state index in [1.807, 2.05) is 12.1 Å². The summed E-state index contributed by atoms with van der Waals surface area (Å²) in [6, 6.07) is 5.70. The second kappa shape index (κ2) is 5.05. The molecule has 1 saturated carbocycles. The van der Waals surface area contributed by atoms with Crippen molar-refractivity contribution in [2.75, 3.05) is 12.3 Å². The Labute approximate surface area is 103 Å². The van der Waals surface area contributed by atoms with Crippen LogP contribution in [0.2, 0.25) is 0 Å². The fraction of sp³-hybridized carbons (Fsp3) is 0.571. The second-order valence-corrected chi connectivity index (χ2v) is 5.29. The molecule has 0 amide bonds. The molecule has 0 aromatic heterocycles. The minimum absolute atomic E-state index is 0.248. The molecule has 0 spiro atoms. The second-order valence-electron chi connectivity index (χ2n) is 5.29. The van der Waals surface area contributed by atoms with Gasteiger partial charge in [0.1, 0.15) is 0 Å². The van der Waals surface area contributed by atoms with Gasteiger partial charge in [0.25, 0.3) is 0 Å². The Morgan fingerprint density at radius 1 is 1.41 bits per heavy atom. The van der Waals surface area contributed by atoms with Crippen LogP contribution in [0.3, 0.4) is 0 Å². The summed E-state index contributed by atoms with van der Waals surface area (Å²) < 4.78 is 13.8. The van der Waals surface area contributed by atoms with Crippen molar-refractivity contribution in [3.63, 3.8) is 0 Å². The van der Waals surface area contributed by atoms with E-state index in [9.17, 15) is 4.39 Å². The smallest absolute Gasteiger partial charge is 0.150 e. The van der Waals surface area contributed by atoms with Crippen LogP contribution >= 0.6 is 0 Å². The quantitative estimate of drug-likeness (QED) is 0.796. The van der Waals surface area contributed by atoms with Crippen molar-refractivity contribution in [1.82, 2.24) is 4.90 Å². The molecule has 2 N–H and O–H groups in total. The summed E-state index contributed by atoms with van der Waals surface area (Å²) in [6.45, 7) is 6.05. The first kappa shape index (κ1) is 12.4. The fourth-order valence-corrected chi connectivity index (χ4v) is 2.03. The molecule has 17 heavy (non-hydrogen) atoms. The first-order valence-electron chi connectivity index (χ1n) is 6.35. The Bertz CT molecular complexity index is 386. The average Bonchev–Trinajstić information content (AvgIpc) is 3.07. The summed E-state index contributed by atoms with van der Waals surface area (Å²) in [5.41, 5.74) is 6.55. The molecule has 94 valence electrons. The molecular formula is C14H21FN2. The summed E-state index contributed by atoms with van der Waals surface area (Å²) in [5, 5.41) is 0. The molecule has 0 bridgehead atoms. The molecular weight excluding hydrogens is 215 g/mol. The molecule has 1 fully saturated rings. The van der Waals surface area contributed by atoms with Crippen LogP contribution in [0.25, 0.3) is 0 Å². The van der Waals surface area contributed by atoms with Crippen molar-refractivity contribution >= 4 is 5.69 Å². The van der Waals surface area contributed by atoms with E-state index in [2.05, 4.69) is 18.7 Å². The number of rotatable bonds is 5. The number of nitrogens with two attached hydrogens (primary N) is 1. The highest BCUT2D eigenvalue weighted by Gasteiger charge is 2.25. The van der Waals surface area contributed by atoms with Crippen LogP contribution in [0, 0.1) is 11.7 Å². The minimum atomic E-state index is -0.256. The van der Waals surface area contributed by atoms with Crippen LogP contribution in [0.1, 0.15) is 32.3 Å². The summed E-state index contributed by atoms with van der Waals surface area (Å²) in [7, 11) is 0. The van der Waals surface area contributed by atoms with Crippen LogP contribution in [-0.2, 0) is 6.54 Å². The largest absolute Gasteiger partial charge is 0.396 e. The highest BCUT2D eigenvalue weighted by atomic mass is 19.1. The number of hydrogen-bond acceptors (Lipinski definition) is 2. The van der Waals surface area contributed by atoms with Crippen LogP contribution in [0.15, 0.2) is 18.2 Å². The molecule has 0 atom stereocenters. The monoisotopic (exact) mass is 236 g/mol. The summed E-state index contributed by atoms with van der Waals surface area (Å²) >= 11 is 0. The van der Waals surface area contributed by atoms with Crippen LogP contribution < -0.4 is 5.73 Å². The third-order valence-corrected chi connectivity index (χ3v) is 3.40. The summed E-state index contributed by atoms with van der Waals surface area (Å²) in [6.07, 6.45) is 2.64. The van der Waals surface area contributed by atoms with Crippen molar-refractivity contribution in [3.05, 3.63) is 29.6 Å². The first-order valence-corrected chi connectivity index (χ1v) is 6.35. The van der Waals surface area contributed by atoms with Gasteiger partial charge in [-0.25, -0.2) is 4.39 Å². The Balaban J connectivity index is 2.07. The van der Waals surface area contributed by atoms with Gasteiger partial charge in [-0.15, -0.1) is 0 Å². The Morgan fingerprint density at radius 2 is 2.12 bits per heavy atom. The van der Waals surface area contributed by atoms with Gasteiger partial charge in [-0.05, 0) is 38.7 Å². The fourth-order valence-electron chi connectivity index (χ4n) is 2.03. The van der Waals surface area contributed by atoms with E-state index in [0.29, 0.717) is 18.2 Å². The van der Waals surface area contributed by atoms with Gasteiger partial charge < -0.3 is 5.73 Å². The third kappa shape index (κ3) is 3.19. The molecule has 0 heterocycles. The van der Waals surface area contributed by atoms with E-state index in [-0.39, 0.29) is 11.5 Å². The van der Waals surface area contributed by atoms with Crippen molar-refractivity contribution in [2.24, 2.45) is 5.92 Å². The van der Waals surface area contributed by atoms with Gasteiger partial charge in [-0.1, -0.05) is 12.1 Å². The molecule has 1 aliphatic carbocycles. The normalized spacial score (nSPS) is 15.8. The van der Waals surface area contributed by atoms with E-state index in [1.54, 1.807) is 6.07 Å². The van der Waals surface area contributed by atoms with Gasteiger partial charge in [-0.3, -0.25) is 4.90 Å². The maximum absolute atomic E-state index is 13.8. The molecule has 1 aliphatic rings. The van der Waals surface area contributed by atoms with Crippen molar-refractivity contribution in [2.45, 2.75) is 39.3 Å². The van der Waals surface area contributed by atoms with E-state index in [4.69, 9.17) is 5.73 Å². The van der Waals surface area contributed by atoms with Crippen molar-refractivity contribution in [3.8, 4) is 0 Å². The number of anilines is 1. The van der Waals surface area contributed by atoms with Gasteiger partial charge in [0, 0.05) is 24.7 Å². The van der Waals surface area contributed by atoms with Gasteiger partial charge in [0.2, 0.25) is 0 Å². The van der Waals surface area contributed by atoms with E-state index in [1.165, 1.54) is 12.8 Å². The van der Waals surface area contributed by atoms with E-state index < -0.39 is 0 Å².